The molecule has 78 valence electrons. The second-order valence-electron chi connectivity index (χ2n) is 4.45. The number of hydrogen-bond donors (Lipinski definition) is 0. The van der Waals surface area contributed by atoms with Crippen molar-refractivity contribution < 1.29 is 0 Å². The molecule has 0 bridgehead atoms. The summed E-state index contributed by atoms with van der Waals surface area (Å²) in [4.78, 5) is 0. The molecule has 0 saturated heterocycles. The molecule has 0 fully saturated rings. The minimum atomic E-state index is -0.103. The Morgan fingerprint density at radius 3 is 2.33 bits per heavy atom. The van der Waals surface area contributed by atoms with Crippen molar-refractivity contribution in [2.24, 2.45) is 0 Å². The van der Waals surface area contributed by atoms with Crippen molar-refractivity contribution in [1.82, 2.24) is 20.2 Å². The van der Waals surface area contributed by atoms with E-state index in [0.29, 0.717) is 0 Å². The van der Waals surface area contributed by atoms with E-state index in [4.69, 9.17) is 0 Å². The summed E-state index contributed by atoms with van der Waals surface area (Å²) in [7, 11) is 0. The number of hydrogen-bond acceptors (Lipinski definition) is 3. The first-order valence-corrected chi connectivity index (χ1v) is 4.93. The van der Waals surface area contributed by atoms with Crippen LogP contribution in [0.3, 0.4) is 0 Å². The summed E-state index contributed by atoms with van der Waals surface area (Å²) in [5.41, 5.74) is 0.937. The molecule has 0 aliphatic carbocycles. The summed E-state index contributed by atoms with van der Waals surface area (Å²) in [6.45, 7) is 6.24. The molecule has 15 heavy (non-hydrogen) atoms. The Morgan fingerprint density at radius 1 is 1.07 bits per heavy atom. The fraction of sp³-hybridized carbons (Fsp3) is 0.364. The smallest absolute Gasteiger partial charge is 0.182 e. The van der Waals surface area contributed by atoms with Crippen LogP contribution < -0.4 is 0 Å². The third-order valence-electron chi connectivity index (χ3n) is 2.14. The molecule has 0 N–H and O–H groups in total. The van der Waals surface area contributed by atoms with Crippen LogP contribution in [0, 0.1) is 0 Å². The van der Waals surface area contributed by atoms with Crippen LogP contribution in [0.25, 0.3) is 11.4 Å². The lowest BCUT2D eigenvalue weighted by Gasteiger charge is -2.19. The third kappa shape index (κ3) is 1.88. The molecule has 2 rings (SSSR count). The first-order chi connectivity index (χ1) is 7.09. The fourth-order valence-corrected chi connectivity index (χ4v) is 1.41. The van der Waals surface area contributed by atoms with E-state index in [-0.39, 0.29) is 5.54 Å². The Labute approximate surface area is 88.9 Å². The molecular weight excluding hydrogens is 188 g/mol. The van der Waals surface area contributed by atoms with Crippen molar-refractivity contribution in [3.8, 4) is 11.4 Å². The average molecular weight is 202 g/mol. The molecule has 1 aromatic heterocycles. The van der Waals surface area contributed by atoms with Crippen molar-refractivity contribution in [2.75, 3.05) is 0 Å². The van der Waals surface area contributed by atoms with Gasteiger partial charge in [-0.1, -0.05) is 30.3 Å². The highest BCUT2D eigenvalue weighted by Gasteiger charge is 2.20. The van der Waals surface area contributed by atoms with Crippen molar-refractivity contribution in [3.05, 3.63) is 30.3 Å². The molecule has 0 aliphatic heterocycles. The van der Waals surface area contributed by atoms with Crippen LogP contribution in [0.15, 0.2) is 30.3 Å². The molecular formula is C11H14N4. The van der Waals surface area contributed by atoms with Crippen LogP contribution in [0.2, 0.25) is 0 Å². The van der Waals surface area contributed by atoms with Gasteiger partial charge < -0.3 is 0 Å². The summed E-state index contributed by atoms with van der Waals surface area (Å²) in [6, 6.07) is 9.96. The molecule has 0 spiro atoms. The van der Waals surface area contributed by atoms with E-state index in [2.05, 4.69) is 36.3 Å². The summed E-state index contributed by atoms with van der Waals surface area (Å²) in [5, 5.41) is 11.8. The lowest BCUT2D eigenvalue weighted by Crippen LogP contribution is -2.24. The lowest BCUT2D eigenvalue weighted by molar-refractivity contribution is 0.351. The van der Waals surface area contributed by atoms with Gasteiger partial charge in [0.05, 0.1) is 5.54 Å². The monoisotopic (exact) mass is 202 g/mol. The van der Waals surface area contributed by atoms with Gasteiger partial charge in [-0.3, -0.25) is 0 Å². The quantitative estimate of drug-likeness (QED) is 0.711. The fourth-order valence-electron chi connectivity index (χ4n) is 1.41. The highest BCUT2D eigenvalue weighted by Crippen LogP contribution is 2.21. The molecule has 0 amide bonds. The van der Waals surface area contributed by atoms with Crippen molar-refractivity contribution >= 4 is 0 Å². The Bertz CT molecular complexity index is 439. The Hall–Kier alpha value is -1.71. The SMILES string of the molecule is CC(C)(C)n1nnnc1-c1ccccc1. The first-order valence-electron chi connectivity index (χ1n) is 4.93. The molecule has 0 atom stereocenters. The van der Waals surface area contributed by atoms with Gasteiger partial charge >= 0.3 is 0 Å². The molecule has 2 aromatic rings. The molecule has 0 radical (unpaired) electrons. The van der Waals surface area contributed by atoms with Crippen LogP contribution in [0.5, 0.6) is 0 Å². The number of nitrogens with zero attached hydrogens (tertiary/aromatic N) is 4. The van der Waals surface area contributed by atoms with Gasteiger partial charge in [0.2, 0.25) is 0 Å². The van der Waals surface area contributed by atoms with Crippen LogP contribution in [0.4, 0.5) is 0 Å². The van der Waals surface area contributed by atoms with Crippen LogP contribution in [0.1, 0.15) is 20.8 Å². The number of benzene rings is 1. The predicted molar refractivity (Wildman–Crippen MR) is 58.2 cm³/mol. The van der Waals surface area contributed by atoms with E-state index in [9.17, 15) is 0 Å². The molecule has 4 heteroatoms. The zero-order valence-corrected chi connectivity index (χ0v) is 9.18. The zero-order valence-electron chi connectivity index (χ0n) is 9.18. The predicted octanol–water partition coefficient (Wildman–Crippen LogP) is 2.10. The van der Waals surface area contributed by atoms with Gasteiger partial charge in [-0.25, -0.2) is 4.68 Å². The Kier molecular flexibility index (Phi) is 2.26. The van der Waals surface area contributed by atoms with Gasteiger partial charge in [0.15, 0.2) is 5.82 Å². The summed E-state index contributed by atoms with van der Waals surface area (Å²) in [5.74, 6) is 0.808. The molecule has 4 nitrogen and oxygen atoms in total. The molecule has 0 saturated carbocycles. The standard InChI is InChI=1S/C11H14N4/c1-11(2,3)15-10(12-13-14-15)9-7-5-4-6-8-9/h4-8H,1-3H3. The Morgan fingerprint density at radius 2 is 1.73 bits per heavy atom. The van der Waals surface area contributed by atoms with E-state index in [1.165, 1.54) is 0 Å². The minimum absolute atomic E-state index is 0.103. The molecule has 0 unspecified atom stereocenters. The van der Waals surface area contributed by atoms with Crippen molar-refractivity contribution in [1.29, 1.82) is 0 Å². The van der Waals surface area contributed by atoms with Crippen LogP contribution in [-0.2, 0) is 5.54 Å². The van der Waals surface area contributed by atoms with E-state index >= 15 is 0 Å². The lowest BCUT2D eigenvalue weighted by atomic mass is 10.1. The van der Waals surface area contributed by atoms with Crippen molar-refractivity contribution in [2.45, 2.75) is 26.3 Å². The molecule has 1 aromatic carbocycles. The number of aromatic nitrogens is 4. The first kappa shape index (κ1) is 9.83. The normalized spacial score (nSPS) is 11.7. The number of rotatable bonds is 1. The van der Waals surface area contributed by atoms with Crippen LogP contribution in [-0.4, -0.2) is 20.2 Å². The summed E-state index contributed by atoms with van der Waals surface area (Å²) in [6.07, 6.45) is 0. The Balaban J connectivity index is 2.51. The zero-order chi connectivity index (χ0) is 10.9. The van der Waals surface area contributed by atoms with E-state index in [1.807, 2.05) is 35.0 Å². The highest BCUT2D eigenvalue weighted by atomic mass is 15.6. The maximum atomic E-state index is 4.05. The van der Waals surface area contributed by atoms with Gasteiger partial charge in [0, 0.05) is 5.56 Å². The largest absolute Gasteiger partial charge is 0.220 e. The highest BCUT2D eigenvalue weighted by molar-refractivity contribution is 5.54. The second-order valence-corrected chi connectivity index (χ2v) is 4.45. The molecule has 0 aliphatic rings. The van der Waals surface area contributed by atoms with Crippen LogP contribution >= 0.6 is 0 Å². The number of tetrazole rings is 1. The van der Waals surface area contributed by atoms with E-state index in [1.54, 1.807) is 0 Å². The maximum Gasteiger partial charge on any atom is 0.182 e. The van der Waals surface area contributed by atoms with Crippen molar-refractivity contribution in [3.63, 3.8) is 0 Å². The van der Waals surface area contributed by atoms with Gasteiger partial charge in [-0.15, -0.1) is 5.10 Å². The summed E-state index contributed by atoms with van der Waals surface area (Å²) >= 11 is 0. The third-order valence-corrected chi connectivity index (χ3v) is 2.14. The minimum Gasteiger partial charge on any atom is -0.220 e. The second kappa shape index (κ2) is 3.46. The average Bonchev–Trinajstić information content (AvgIpc) is 2.67. The van der Waals surface area contributed by atoms with Gasteiger partial charge in [0.25, 0.3) is 0 Å². The van der Waals surface area contributed by atoms with E-state index < -0.39 is 0 Å². The molecule has 1 heterocycles. The summed E-state index contributed by atoms with van der Waals surface area (Å²) < 4.78 is 1.84. The van der Waals surface area contributed by atoms with Gasteiger partial charge in [-0.2, -0.15) is 0 Å². The van der Waals surface area contributed by atoms with Gasteiger partial charge in [0.1, 0.15) is 0 Å². The topological polar surface area (TPSA) is 43.6 Å². The van der Waals surface area contributed by atoms with E-state index in [0.717, 1.165) is 11.4 Å². The van der Waals surface area contributed by atoms with Gasteiger partial charge in [-0.05, 0) is 31.2 Å². The maximum absolute atomic E-state index is 4.05.